The number of hydrogen-bond donors (Lipinski definition) is 0. The first-order valence-electron chi connectivity index (χ1n) is 10.2. The minimum absolute atomic E-state index is 0.241. The standard InChI is InChI=1S/C22H38N2O/c1-5-6-7-8-9-10-11-12-19-13-14-22(2,3)21(25-4)20(19)17-24-16-15-23-18-24/h11-12,15-16,18-21H,5-10,13-14,17H2,1-4H3/t19-,20-,21+/m0/s1. The van der Waals surface area contributed by atoms with E-state index in [0.29, 0.717) is 17.9 Å². The Hall–Kier alpha value is -1.09. The molecule has 0 radical (unpaired) electrons. The molecule has 0 bridgehead atoms. The van der Waals surface area contributed by atoms with Gasteiger partial charge in [-0.25, -0.2) is 4.98 Å². The summed E-state index contributed by atoms with van der Waals surface area (Å²) < 4.78 is 8.21. The van der Waals surface area contributed by atoms with Gasteiger partial charge in [-0.15, -0.1) is 0 Å². The number of aromatic nitrogens is 2. The Labute approximate surface area is 154 Å². The van der Waals surface area contributed by atoms with E-state index in [4.69, 9.17) is 4.74 Å². The molecular formula is C22H38N2O. The molecule has 1 saturated carbocycles. The molecule has 0 aliphatic heterocycles. The molecule has 142 valence electrons. The number of ether oxygens (including phenoxy) is 1. The highest BCUT2D eigenvalue weighted by atomic mass is 16.5. The van der Waals surface area contributed by atoms with Gasteiger partial charge in [-0.3, -0.25) is 0 Å². The normalized spacial score (nSPS) is 26.3. The molecule has 1 aliphatic rings. The molecular weight excluding hydrogens is 308 g/mol. The van der Waals surface area contributed by atoms with Crippen molar-refractivity contribution in [3.63, 3.8) is 0 Å². The Kier molecular flexibility index (Phi) is 8.21. The molecule has 1 aromatic rings. The molecule has 25 heavy (non-hydrogen) atoms. The summed E-state index contributed by atoms with van der Waals surface area (Å²) in [4.78, 5) is 4.22. The average molecular weight is 347 g/mol. The molecule has 1 aliphatic carbocycles. The molecule has 3 nitrogen and oxygen atoms in total. The lowest BCUT2D eigenvalue weighted by atomic mass is 9.64. The maximum Gasteiger partial charge on any atom is 0.0946 e. The average Bonchev–Trinajstić information content (AvgIpc) is 3.09. The summed E-state index contributed by atoms with van der Waals surface area (Å²) in [6, 6.07) is 0. The van der Waals surface area contributed by atoms with Gasteiger partial charge in [0, 0.05) is 32.0 Å². The van der Waals surface area contributed by atoms with E-state index < -0.39 is 0 Å². The van der Waals surface area contributed by atoms with Gasteiger partial charge in [0.15, 0.2) is 0 Å². The lowest BCUT2D eigenvalue weighted by Crippen LogP contribution is -2.46. The second kappa shape index (κ2) is 10.2. The molecule has 1 fully saturated rings. The van der Waals surface area contributed by atoms with Crippen LogP contribution in [0.1, 0.15) is 72.1 Å². The quantitative estimate of drug-likeness (QED) is 0.391. The zero-order valence-corrected chi connectivity index (χ0v) is 16.8. The van der Waals surface area contributed by atoms with Crippen LogP contribution in [-0.4, -0.2) is 22.8 Å². The maximum absolute atomic E-state index is 6.00. The molecule has 0 unspecified atom stereocenters. The van der Waals surface area contributed by atoms with Crippen molar-refractivity contribution < 1.29 is 4.74 Å². The number of methoxy groups -OCH3 is 1. The Bertz CT molecular complexity index is 492. The third kappa shape index (κ3) is 5.99. The fraction of sp³-hybridized carbons (Fsp3) is 0.773. The summed E-state index contributed by atoms with van der Waals surface area (Å²) in [5.41, 5.74) is 0.241. The lowest BCUT2D eigenvalue weighted by molar-refractivity contribution is -0.0818. The summed E-state index contributed by atoms with van der Waals surface area (Å²) in [5.74, 6) is 1.12. The van der Waals surface area contributed by atoms with Crippen molar-refractivity contribution in [3.05, 3.63) is 30.9 Å². The molecule has 2 rings (SSSR count). The summed E-state index contributed by atoms with van der Waals surface area (Å²) in [6.45, 7) is 7.98. The second-order valence-electron chi connectivity index (χ2n) is 8.40. The summed E-state index contributed by atoms with van der Waals surface area (Å²) in [7, 11) is 1.88. The van der Waals surface area contributed by atoms with Gasteiger partial charge in [-0.05, 0) is 37.0 Å². The van der Waals surface area contributed by atoms with E-state index in [9.17, 15) is 0 Å². The lowest BCUT2D eigenvalue weighted by Gasteiger charge is -2.46. The molecule has 0 N–H and O–H groups in total. The highest BCUT2D eigenvalue weighted by Crippen LogP contribution is 2.45. The number of allylic oxidation sites excluding steroid dienone is 2. The van der Waals surface area contributed by atoms with Gasteiger partial charge in [0.25, 0.3) is 0 Å². The molecule has 0 amide bonds. The number of rotatable bonds is 10. The van der Waals surface area contributed by atoms with Gasteiger partial charge >= 0.3 is 0 Å². The largest absolute Gasteiger partial charge is 0.381 e. The van der Waals surface area contributed by atoms with E-state index in [-0.39, 0.29) is 5.41 Å². The van der Waals surface area contributed by atoms with Crippen LogP contribution in [0.15, 0.2) is 30.9 Å². The van der Waals surface area contributed by atoms with Crippen molar-refractivity contribution in [3.8, 4) is 0 Å². The molecule has 0 spiro atoms. The fourth-order valence-corrected chi connectivity index (χ4v) is 4.44. The van der Waals surface area contributed by atoms with Crippen molar-refractivity contribution in [2.24, 2.45) is 17.3 Å². The summed E-state index contributed by atoms with van der Waals surface area (Å²) in [5, 5.41) is 0. The van der Waals surface area contributed by atoms with Crippen LogP contribution in [0.4, 0.5) is 0 Å². The minimum Gasteiger partial charge on any atom is -0.381 e. The summed E-state index contributed by atoms with van der Waals surface area (Å²) in [6.07, 6.45) is 21.6. The zero-order chi connectivity index (χ0) is 18.1. The van der Waals surface area contributed by atoms with Crippen LogP contribution in [0, 0.1) is 17.3 Å². The van der Waals surface area contributed by atoms with E-state index in [2.05, 4.69) is 48.7 Å². The van der Waals surface area contributed by atoms with Crippen LogP contribution in [0.5, 0.6) is 0 Å². The van der Waals surface area contributed by atoms with Crippen molar-refractivity contribution >= 4 is 0 Å². The molecule has 0 aromatic carbocycles. The van der Waals surface area contributed by atoms with Crippen LogP contribution in [0.25, 0.3) is 0 Å². The highest BCUT2D eigenvalue weighted by molar-refractivity contribution is 5.01. The van der Waals surface area contributed by atoms with Crippen LogP contribution < -0.4 is 0 Å². The van der Waals surface area contributed by atoms with Gasteiger partial charge in [0.2, 0.25) is 0 Å². The Morgan fingerprint density at radius 1 is 1.24 bits per heavy atom. The van der Waals surface area contributed by atoms with Crippen LogP contribution in [-0.2, 0) is 11.3 Å². The Morgan fingerprint density at radius 3 is 2.72 bits per heavy atom. The van der Waals surface area contributed by atoms with Gasteiger partial charge in [-0.2, -0.15) is 0 Å². The number of hydrogen-bond acceptors (Lipinski definition) is 2. The number of nitrogens with zero attached hydrogens (tertiary/aromatic N) is 2. The number of unbranched alkanes of at least 4 members (excludes halogenated alkanes) is 5. The molecule has 1 aromatic heterocycles. The first-order valence-corrected chi connectivity index (χ1v) is 10.2. The zero-order valence-electron chi connectivity index (χ0n) is 16.8. The first kappa shape index (κ1) is 20.2. The topological polar surface area (TPSA) is 27.1 Å². The monoisotopic (exact) mass is 346 g/mol. The van der Waals surface area contributed by atoms with Crippen molar-refractivity contribution in [1.82, 2.24) is 9.55 Å². The Balaban J connectivity index is 1.96. The van der Waals surface area contributed by atoms with E-state index in [1.165, 1.54) is 51.4 Å². The van der Waals surface area contributed by atoms with Crippen molar-refractivity contribution in [2.75, 3.05) is 7.11 Å². The number of imidazole rings is 1. The van der Waals surface area contributed by atoms with E-state index in [1.54, 1.807) is 0 Å². The Morgan fingerprint density at radius 2 is 2.04 bits per heavy atom. The van der Waals surface area contributed by atoms with E-state index >= 15 is 0 Å². The molecule has 0 saturated heterocycles. The van der Waals surface area contributed by atoms with Crippen LogP contribution in [0.3, 0.4) is 0 Å². The van der Waals surface area contributed by atoms with Crippen LogP contribution in [0.2, 0.25) is 0 Å². The van der Waals surface area contributed by atoms with Gasteiger partial charge in [0.05, 0.1) is 12.4 Å². The van der Waals surface area contributed by atoms with Crippen LogP contribution >= 0.6 is 0 Å². The van der Waals surface area contributed by atoms with Gasteiger partial charge in [-0.1, -0.05) is 58.6 Å². The second-order valence-corrected chi connectivity index (χ2v) is 8.40. The molecule has 3 atom stereocenters. The molecule has 1 heterocycles. The van der Waals surface area contributed by atoms with Crippen molar-refractivity contribution in [2.45, 2.75) is 84.8 Å². The smallest absolute Gasteiger partial charge is 0.0946 e. The highest BCUT2D eigenvalue weighted by Gasteiger charge is 2.43. The fourth-order valence-electron chi connectivity index (χ4n) is 4.44. The summed E-state index contributed by atoms with van der Waals surface area (Å²) >= 11 is 0. The maximum atomic E-state index is 6.00. The predicted molar refractivity (Wildman–Crippen MR) is 106 cm³/mol. The third-order valence-electron chi connectivity index (χ3n) is 5.92. The predicted octanol–water partition coefficient (Wildman–Crippen LogP) is 5.87. The third-order valence-corrected chi connectivity index (χ3v) is 5.92. The first-order chi connectivity index (χ1) is 12.1. The van der Waals surface area contributed by atoms with Gasteiger partial charge < -0.3 is 9.30 Å². The minimum atomic E-state index is 0.241. The SMILES string of the molecule is CCCCCCCC=C[C@H]1CCC(C)(C)[C@H](OC)[C@H]1Cn1ccnc1. The van der Waals surface area contributed by atoms with E-state index in [1.807, 2.05) is 19.6 Å². The van der Waals surface area contributed by atoms with E-state index in [0.717, 1.165) is 6.54 Å². The molecule has 3 heteroatoms. The van der Waals surface area contributed by atoms with Crippen molar-refractivity contribution in [1.29, 1.82) is 0 Å². The van der Waals surface area contributed by atoms with Gasteiger partial charge in [0.1, 0.15) is 0 Å².